The molecule has 0 aliphatic rings. The first-order valence-electron chi connectivity index (χ1n) is 4.03. The SMILES string of the molecule is CCNC(=O)c1cc(C)nc(N)n1. The van der Waals surface area contributed by atoms with E-state index in [0.29, 0.717) is 17.9 Å². The fraction of sp³-hybridized carbons (Fsp3) is 0.375. The fourth-order valence-corrected chi connectivity index (χ4v) is 0.959. The van der Waals surface area contributed by atoms with Crippen LogP contribution in [0.1, 0.15) is 23.1 Å². The first-order valence-corrected chi connectivity index (χ1v) is 4.03. The molecule has 0 bridgehead atoms. The van der Waals surface area contributed by atoms with E-state index in [1.807, 2.05) is 6.92 Å². The minimum Gasteiger partial charge on any atom is -0.368 e. The molecule has 3 N–H and O–H groups in total. The van der Waals surface area contributed by atoms with Crippen LogP contribution in [0.25, 0.3) is 0 Å². The quantitative estimate of drug-likeness (QED) is 0.677. The van der Waals surface area contributed by atoms with Gasteiger partial charge in [0, 0.05) is 12.2 Å². The first kappa shape index (κ1) is 9.44. The molecule has 0 aromatic carbocycles. The van der Waals surface area contributed by atoms with Crippen molar-refractivity contribution in [1.29, 1.82) is 0 Å². The third-order valence-corrected chi connectivity index (χ3v) is 1.44. The van der Waals surface area contributed by atoms with Crippen molar-refractivity contribution in [3.05, 3.63) is 17.5 Å². The van der Waals surface area contributed by atoms with Crippen molar-refractivity contribution >= 4 is 11.9 Å². The van der Waals surface area contributed by atoms with Crippen LogP contribution in [0.2, 0.25) is 0 Å². The highest BCUT2D eigenvalue weighted by molar-refractivity contribution is 5.92. The second-order valence-electron chi connectivity index (χ2n) is 2.61. The zero-order valence-electron chi connectivity index (χ0n) is 7.66. The molecule has 1 aromatic rings. The van der Waals surface area contributed by atoms with Gasteiger partial charge in [-0.1, -0.05) is 0 Å². The molecule has 0 radical (unpaired) electrons. The number of anilines is 1. The van der Waals surface area contributed by atoms with Crippen LogP contribution in [0.3, 0.4) is 0 Å². The van der Waals surface area contributed by atoms with E-state index in [2.05, 4.69) is 15.3 Å². The van der Waals surface area contributed by atoms with Crippen molar-refractivity contribution in [3.63, 3.8) is 0 Å². The lowest BCUT2D eigenvalue weighted by Crippen LogP contribution is -2.24. The highest BCUT2D eigenvalue weighted by Gasteiger charge is 2.07. The summed E-state index contributed by atoms with van der Waals surface area (Å²) in [5.41, 5.74) is 6.39. The lowest BCUT2D eigenvalue weighted by molar-refractivity contribution is 0.0950. The van der Waals surface area contributed by atoms with E-state index < -0.39 is 0 Å². The molecule has 0 unspecified atom stereocenters. The highest BCUT2D eigenvalue weighted by atomic mass is 16.1. The van der Waals surface area contributed by atoms with Gasteiger partial charge in [0.1, 0.15) is 5.69 Å². The molecule has 1 amide bonds. The van der Waals surface area contributed by atoms with E-state index >= 15 is 0 Å². The zero-order valence-corrected chi connectivity index (χ0v) is 7.66. The number of rotatable bonds is 2. The summed E-state index contributed by atoms with van der Waals surface area (Å²) in [4.78, 5) is 19.0. The molecule has 13 heavy (non-hydrogen) atoms. The number of amides is 1. The average molecular weight is 180 g/mol. The van der Waals surface area contributed by atoms with Crippen LogP contribution in [0, 0.1) is 6.92 Å². The molecule has 5 heteroatoms. The Morgan fingerprint density at radius 3 is 2.85 bits per heavy atom. The molecular formula is C8H12N4O. The Hall–Kier alpha value is -1.65. The van der Waals surface area contributed by atoms with Gasteiger partial charge in [0.25, 0.3) is 5.91 Å². The third kappa shape index (κ3) is 2.40. The first-order chi connectivity index (χ1) is 6.13. The fourth-order valence-electron chi connectivity index (χ4n) is 0.959. The number of nitrogens with two attached hydrogens (primary N) is 1. The van der Waals surface area contributed by atoms with Crippen LogP contribution in [0.4, 0.5) is 5.95 Å². The summed E-state index contributed by atoms with van der Waals surface area (Å²) in [5, 5.41) is 2.63. The second kappa shape index (κ2) is 3.84. The van der Waals surface area contributed by atoms with Gasteiger partial charge in [0.15, 0.2) is 0 Å². The maximum Gasteiger partial charge on any atom is 0.270 e. The standard InChI is InChI=1S/C8H12N4O/c1-3-10-7(13)6-4-5(2)11-8(9)12-6/h4H,3H2,1-2H3,(H,10,13)(H2,9,11,12). The zero-order chi connectivity index (χ0) is 9.84. The summed E-state index contributed by atoms with van der Waals surface area (Å²) in [5.74, 6) is -0.0963. The summed E-state index contributed by atoms with van der Waals surface area (Å²) >= 11 is 0. The average Bonchev–Trinajstić information content (AvgIpc) is 2.03. The summed E-state index contributed by atoms with van der Waals surface area (Å²) in [6.07, 6.45) is 0. The van der Waals surface area contributed by atoms with Gasteiger partial charge in [-0.05, 0) is 19.9 Å². The molecule has 0 atom stereocenters. The van der Waals surface area contributed by atoms with Crippen molar-refractivity contribution in [2.24, 2.45) is 0 Å². The Labute approximate surface area is 76.4 Å². The van der Waals surface area contributed by atoms with Gasteiger partial charge in [0.05, 0.1) is 0 Å². The van der Waals surface area contributed by atoms with Crippen LogP contribution < -0.4 is 11.1 Å². The summed E-state index contributed by atoms with van der Waals surface area (Å²) in [6, 6.07) is 1.60. The molecule has 0 saturated heterocycles. The van der Waals surface area contributed by atoms with Crippen molar-refractivity contribution < 1.29 is 4.79 Å². The van der Waals surface area contributed by atoms with Crippen molar-refractivity contribution in [2.75, 3.05) is 12.3 Å². The minimum absolute atomic E-state index is 0.126. The highest BCUT2D eigenvalue weighted by Crippen LogP contribution is 2.01. The molecular weight excluding hydrogens is 168 g/mol. The van der Waals surface area contributed by atoms with Gasteiger partial charge in [-0.15, -0.1) is 0 Å². The van der Waals surface area contributed by atoms with Gasteiger partial charge in [0.2, 0.25) is 5.95 Å². The number of carbonyl (C=O) groups is 1. The van der Waals surface area contributed by atoms with Gasteiger partial charge in [-0.3, -0.25) is 4.79 Å². The number of nitrogens with zero attached hydrogens (tertiary/aromatic N) is 2. The van der Waals surface area contributed by atoms with E-state index in [4.69, 9.17) is 5.73 Å². The minimum atomic E-state index is -0.222. The Balaban J connectivity index is 2.94. The van der Waals surface area contributed by atoms with E-state index in [0.717, 1.165) is 0 Å². The Bertz CT molecular complexity index is 304. The predicted molar refractivity (Wildman–Crippen MR) is 49.2 cm³/mol. The van der Waals surface area contributed by atoms with Crippen molar-refractivity contribution in [2.45, 2.75) is 13.8 Å². The van der Waals surface area contributed by atoms with Crippen molar-refractivity contribution in [3.8, 4) is 0 Å². The number of nitrogens with one attached hydrogen (secondary N) is 1. The van der Waals surface area contributed by atoms with Gasteiger partial charge >= 0.3 is 0 Å². The molecule has 0 spiro atoms. The summed E-state index contributed by atoms with van der Waals surface area (Å²) < 4.78 is 0. The van der Waals surface area contributed by atoms with Gasteiger partial charge < -0.3 is 11.1 Å². The van der Waals surface area contributed by atoms with Crippen LogP contribution >= 0.6 is 0 Å². The molecule has 1 aromatic heterocycles. The lowest BCUT2D eigenvalue weighted by atomic mass is 10.3. The summed E-state index contributed by atoms with van der Waals surface area (Å²) in [6.45, 7) is 4.18. The molecule has 0 aliphatic heterocycles. The van der Waals surface area contributed by atoms with Crippen molar-refractivity contribution in [1.82, 2.24) is 15.3 Å². The van der Waals surface area contributed by atoms with Crippen LogP contribution in [-0.4, -0.2) is 22.4 Å². The Morgan fingerprint density at radius 1 is 1.62 bits per heavy atom. The van der Waals surface area contributed by atoms with E-state index in [1.54, 1.807) is 13.0 Å². The van der Waals surface area contributed by atoms with Crippen LogP contribution in [0.15, 0.2) is 6.07 Å². The van der Waals surface area contributed by atoms with Crippen LogP contribution in [0.5, 0.6) is 0 Å². The second-order valence-corrected chi connectivity index (χ2v) is 2.61. The molecule has 1 heterocycles. The topological polar surface area (TPSA) is 80.9 Å². The Kier molecular flexibility index (Phi) is 2.79. The molecule has 70 valence electrons. The molecule has 5 nitrogen and oxygen atoms in total. The number of nitrogen functional groups attached to an aromatic ring is 1. The molecule has 0 aliphatic carbocycles. The van der Waals surface area contributed by atoms with E-state index in [1.165, 1.54) is 0 Å². The van der Waals surface area contributed by atoms with E-state index in [9.17, 15) is 4.79 Å². The smallest absolute Gasteiger partial charge is 0.270 e. The number of hydrogen-bond acceptors (Lipinski definition) is 4. The maximum atomic E-state index is 11.3. The maximum absolute atomic E-state index is 11.3. The number of aromatic nitrogens is 2. The number of aryl methyl sites for hydroxylation is 1. The predicted octanol–water partition coefficient (Wildman–Crippen LogP) is 0.117. The largest absolute Gasteiger partial charge is 0.368 e. The molecule has 0 saturated carbocycles. The van der Waals surface area contributed by atoms with E-state index in [-0.39, 0.29) is 11.9 Å². The number of hydrogen-bond donors (Lipinski definition) is 2. The molecule has 1 rings (SSSR count). The Morgan fingerprint density at radius 2 is 2.31 bits per heavy atom. The normalized spacial score (nSPS) is 9.69. The molecule has 0 fully saturated rings. The monoisotopic (exact) mass is 180 g/mol. The number of carbonyl (C=O) groups excluding carboxylic acids is 1. The van der Waals surface area contributed by atoms with Gasteiger partial charge in [-0.25, -0.2) is 9.97 Å². The van der Waals surface area contributed by atoms with Crippen LogP contribution in [-0.2, 0) is 0 Å². The summed E-state index contributed by atoms with van der Waals surface area (Å²) in [7, 11) is 0. The third-order valence-electron chi connectivity index (χ3n) is 1.44. The van der Waals surface area contributed by atoms with Gasteiger partial charge in [-0.2, -0.15) is 0 Å². The lowest BCUT2D eigenvalue weighted by Gasteiger charge is -2.02.